The van der Waals surface area contributed by atoms with Crippen molar-refractivity contribution in [3.63, 3.8) is 0 Å². The first kappa shape index (κ1) is 28.0. The normalized spacial score (nSPS) is 14.8. The van der Waals surface area contributed by atoms with Crippen LogP contribution < -0.4 is 20.8 Å². The van der Waals surface area contributed by atoms with Gasteiger partial charge < -0.3 is 24.5 Å². The van der Waals surface area contributed by atoms with Gasteiger partial charge in [0.1, 0.15) is 17.3 Å². The molecule has 3 aromatic rings. The number of amides is 1. The van der Waals surface area contributed by atoms with Gasteiger partial charge in [0.2, 0.25) is 0 Å². The number of non-ortho nitro benzene ring substituents is 1. The van der Waals surface area contributed by atoms with Crippen molar-refractivity contribution < 1.29 is 28.4 Å². The van der Waals surface area contributed by atoms with E-state index in [4.69, 9.17) is 26.1 Å². The number of benzene rings is 2. The molecule has 1 amide bonds. The van der Waals surface area contributed by atoms with Gasteiger partial charge in [0.15, 0.2) is 11.7 Å². The van der Waals surface area contributed by atoms with Gasteiger partial charge in [-0.2, -0.15) is 5.10 Å². The third-order valence-corrected chi connectivity index (χ3v) is 5.92. The van der Waals surface area contributed by atoms with Crippen molar-refractivity contribution in [2.45, 2.75) is 19.9 Å². The van der Waals surface area contributed by atoms with Crippen LogP contribution in [0.4, 0.5) is 5.69 Å². The van der Waals surface area contributed by atoms with Crippen LogP contribution in [-0.4, -0.2) is 41.3 Å². The van der Waals surface area contributed by atoms with E-state index in [0.717, 1.165) is 0 Å². The number of nitro benzene ring substituents is 1. The maximum absolute atomic E-state index is 12.7. The fourth-order valence-corrected chi connectivity index (χ4v) is 4.22. The van der Waals surface area contributed by atoms with E-state index in [-0.39, 0.29) is 18.9 Å². The standard InChI is InChI=1S/C27H25N5O7S/c1-3-37-26(34)24-16(2)29-27(40)30-25(24)20-9-4-5-10-22(20)38-15-23(33)31-28-14-19-11-12-21(39-19)17-7-6-8-18(13-17)32(35)36/h4-14,25H,3,15H2,1-2H3,(H,31,33)(H2,29,30,40)/t25-/m1/s1. The first-order valence-corrected chi connectivity index (χ1v) is 12.5. The zero-order valence-corrected chi connectivity index (χ0v) is 22.3. The summed E-state index contributed by atoms with van der Waals surface area (Å²) in [6.45, 7) is 3.29. The lowest BCUT2D eigenvalue weighted by molar-refractivity contribution is -0.384. The number of carbonyl (C=O) groups excluding carboxylic acids is 2. The molecular formula is C27H25N5O7S. The lowest BCUT2D eigenvalue weighted by atomic mass is 9.95. The third kappa shape index (κ3) is 6.69. The van der Waals surface area contributed by atoms with Crippen molar-refractivity contribution in [1.82, 2.24) is 16.1 Å². The number of para-hydroxylation sites is 1. The number of hydrogen-bond acceptors (Lipinski definition) is 9. The summed E-state index contributed by atoms with van der Waals surface area (Å²) in [6, 6.07) is 15.6. The van der Waals surface area contributed by atoms with E-state index < -0.39 is 22.8 Å². The Morgan fingerprint density at radius 2 is 2.00 bits per heavy atom. The second-order valence-corrected chi connectivity index (χ2v) is 8.83. The van der Waals surface area contributed by atoms with Gasteiger partial charge in [-0.05, 0) is 44.3 Å². The van der Waals surface area contributed by atoms with Crippen LogP contribution >= 0.6 is 12.2 Å². The molecule has 0 saturated carbocycles. The Labute approximate surface area is 234 Å². The van der Waals surface area contributed by atoms with Crippen molar-refractivity contribution in [3.8, 4) is 17.1 Å². The molecule has 1 atom stereocenters. The van der Waals surface area contributed by atoms with Crippen LogP contribution in [0.15, 0.2) is 81.5 Å². The fraction of sp³-hybridized carbons (Fsp3) is 0.185. The summed E-state index contributed by atoms with van der Waals surface area (Å²) in [5.41, 5.74) is 4.33. The summed E-state index contributed by atoms with van der Waals surface area (Å²) >= 11 is 5.28. The van der Waals surface area contributed by atoms with E-state index in [1.807, 2.05) is 0 Å². The molecule has 0 aliphatic carbocycles. The van der Waals surface area contributed by atoms with Crippen LogP contribution in [0.2, 0.25) is 0 Å². The lowest BCUT2D eigenvalue weighted by Crippen LogP contribution is -2.45. The molecule has 0 saturated heterocycles. The maximum Gasteiger partial charge on any atom is 0.338 e. The largest absolute Gasteiger partial charge is 0.483 e. The smallest absolute Gasteiger partial charge is 0.338 e. The minimum atomic E-state index is -0.649. The topological polar surface area (TPSA) is 157 Å². The monoisotopic (exact) mass is 563 g/mol. The zero-order valence-electron chi connectivity index (χ0n) is 21.5. The Bertz CT molecular complexity index is 1510. The highest BCUT2D eigenvalue weighted by Gasteiger charge is 2.32. The molecule has 1 aliphatic heterocycles. The number of furan rings is 1. The van der Waals surface area contributed by atoms with Gasteiger partial charge in [0.05, 0.1) is 29.4 Å². The number of thiocarbonyl (C=S) groups is 1. The van der Waals surface area contributed by atoms with Crippen LogP contribution in [0.5, 0.6) is 5.75 Å². The van der Waals surface area contributed by atoms with E-state index in [2.05, 4.69) is 21.2 Å². The van der Waals surface area contributed by atoms with Crippen LogP contribution in [0.1, 0.15) is 31.2 Å². The van der Waals surface area contributed by atoms with Gasteiger partial charge >= 0.3 is 5.97 Å². The van der Waals surface area contributed by atoms with Crippen molar-refractivity contribution >= 4 is 41.1 Å². The Kier molecular flexibility index (Phi) is 8.86. The number of esters is 1. The highest BCUT2D eigenvalue weighted by Crippen LogP contribution is 2.33. The van der Waals surface area contributed by atoms with E-state index in [9.17, 15) is 19.7 Å². The average molecular weight is 564 g/mol. The van der Waals surface area contributed by atoms with Gasteiger partial charge in [0, 0.05) is 29.0 Å². The molecule has 0 spiro atoms. The molecule has 206 valence electrons. The van der Waals surface area contributed by atoms with E-state index in [1.165, 1.54) is 18.3 Å². The first-order chi connectivity index (χ1) is 19.3. The molecule has 0 unspecified atom stereocenters. The minimum absolute atomic E-state index is 0.0557. The molecule has 1 aliphatic rings. The number of nitrogens with one attached hydrogen (secondary N) is 3. The molecule has 12 nitrogen and oxygen atoms in total. The SMILES string of the molecule is CCOC(=O)C1=C(C)NC(=S)N[C@@H]1c1ccccc1OCC(=O)NN=Cc1ccc(-c2cccc([N+](=O)[O-])c2)o1. The number of carbonyl (C=O) groups is 2. The second kappa shape index (κ2) is 12.7. The second-order valence-electron chi connectivity index (χ2n) is 8.42. The molecule has 0 bridgehead atoms. The molecule has 1 aromatic heterocycles. The van der Waals surface area contributed by atoms with Gasteiger partial charge in [-0.1, -0.05) is 30.3 Å². The fourth-order valence-electron chi connectivity index (χ4n) is 3.95. The maximum atomic E-state index is 12.7. The first-order valence-electron chi connectivity index (χ1n) is 12.1. The number of hydrogen-bond donors (Lipinski definition) is 3. The summed E-state index contributed by atoms with van der Waals surface area (Å²) in [7, 11) is 0. The molecule has 2 heterocycles. The van der Waals surface area contributed by atoms with Gasteiger partial charge in [-0.3, -0.25) is 14.9 Å². The Morgan fingerprint density at radius 3 is 2.77 bits per heavy atom. The molecule has 13 heteroatoms. The number of allylic oxidation sites excluding steroid dienone is 1. The van der Waals surface area contributed by atoms with Crippen molar-refractivity contribution in [2.24, 2.45) is 5.10 Å². The highest BCUT2D eigenvalue weighted by molar-refractivity contribution is 7.80. The number of hydrazone groups is 1. The summed E-state index contributed by atoms with van der Waals surface area (Å²) in [4.78, 5) is 35.6. The van der Waals surface area contributed by atoms with Crippen LogP contribution in [0.25, 0.3) is 11.3 Å². The van der Waals surface area contributed by atoms with Gasteiger partial charge in [-0.25, -0.2) is 10.2 Å². The van der Waals surface area contributed by atoms with Crippen LogP contribution in [0.3, 0.4) is 0 Å². The summed E-state index contributed by atoms with van der Waals surface area (Å²) < 4.78 is 16.6. The molecule has 40 heavy (non-hydrogen) atoms. The van der Waals surface area contributed by atoms with Crippen molar-refractivity contribution in [1.29, 1.82) is 0 Å². The third-order valence-electron chi connectivity index (χ3n) is 5.70. The molecule has 0 fully saturated rings. The molecular weight excluding hydrogens is 538 g/mol. The molecule has 0 radical (unpaired) electrons. The lowest BCUT2D eigenvalue weighted by Gasteiger charge is -2.30. The van der Waals surface area contributed by atoms with Gasteiger partial charge in [-0.15, -0.1) is 0 Å². The predicted octanol–water partition coefficient (Wildman–Crippen LogP) is 3.74. The predicted molar refractivity (Wildman–Crippen MR) is 149 cm³/mol. The number of nitrogens with zero attached hydrogens (tertiary/aromatic N) is 2. The average Bonchev–Trinajstić information content (AvgIpc) is 3.41. The number of ether oxygens (including phenoxy) is 2. The summed E-state index contributed by atoms with van der Waals surface area (Å²) in [6.07, 6.45) is 1.30. The van der Waals surface area contributed by atoms with E-state index >= 15 is 0 Å². The van der Waals surface area contributed by atoms with Crippen LogP contribution in [0, 0.1) is 10.1 Å². The number of rotatable bonds is 10. The summed E-state index contributed by atoms with van der Waals surface area (Å²) in [5.74, 6) is 0.0678. The number of nitro groups is 1. The molecule has 3 N–H and O–H groups in total. The minimum Gasteiger partial charge on any atom is -0.483 e. The van der Waals surface area contributed by atoms with Crippen molar-refractivity contribution in [2.75, 3.05) is 13.2 Å². The highest BCUT2D eigenvalue weighted by atomic mass is 32.1. The Hall–Kier alpha value is -5.04. The van der Waals surface area contributed by atoms with E-state index in [0.29, 0.717) is 44.8 Å². The molecule has 2 aromatic carbocycles. The van der Waals surface area contributed by atoms with Gasteiger partial charge in [0.25, 0.3) is 11.6 Å². The van der Waals surface area contributed by atoms with Crippen molar-refractivity contribution in [3.05, 3.63) is 93.4 Å². The summed E-state index contributed by atoms with van der Waals surface area (Å²) in [5, 5.41) is 21.2. The zero-order chi connectivity index (χ0) is 28.6. The Balaban J connectivity index is 1.40. The Morgan fingerprint density at radius 1 is 1.20 bits per heavy atom. The van der Waals surface area contributed by atoms with E-state index in [1.54, 1.807) is 62.4 Å². The molecule has 4 rings (SSSR count). The quantitative estimate of drug-likeness (QED) is 0.109. The van der Waals surface area contributed by atoms with Crippen LogP contribution in [-0.2, 0) is 14.3 Å².